The molecule has 0 aromatic rings. The Labute approximate surface area is 75.7 Å². The molecule has 1 N–H and O–H groups in total. The van der Waals surface area contributed by atoms with Crippen LogP contribution in [0.2, 0.25) is 0 Å². The SMILES string of the molecule is CCCNC1CCCC(OC)C1. The van der Waals surface area contributed by atoms with E-state index in [1.807, 2.05) is 7.11 Å². The first-order chi connectivity index (χ1) is 5.86. The molecule has 0 aliphatic heterocycles. The lowest BCUT2D eigenvalue weighted by Gasteiger charge is -2.28. The van der Waals surface area contributed by atoms with Crippen molar-refractivity contribution >= 4 is 0 Å². The van der Waals surface area contributed by atoms with Crippen LogP contribution in [0.25, 0.3) is 0 Å². The predicted molar refractivity (Wildman–Crippen MR) is 51.3 cm³/mol. The van der Waals surface area contributed by atoms with Gasteiger partial charge in [0.2, 0.25) is 0 Å². The fourth-order valence-electron chi connectivity index (χ4n) is 1.89. The molecule has 0 spiro atoms. The van der Waals surface area contributed by atoms with Crippen molar-refractivity contribution in [2.45, 2.75) is 51.2 Å². The lowest BCUT2D eigenvalue weighted by atomic mass is 9.93. The third kappa shape index (κ3) is 3.11. The van der Waals surface area contributed by atoms with E-state index < -0.39 is 0 Å². The van der Waals surface area contributed by atoms with Crippen LogP contribution in [0.3, 0.4) is 0 Å². The molecule has 0 saturated heterocycles. The highest BCUT2D eigenvalue weighted by Gasteiger charge is 2.20. The maximum absolute atomic E-state index is 5.36. The summed E-state index contributed by atoms with van der Waals surface area (Å²) in [7, 11) is 1.83. The Kier molecular flexibility index (Phi) is 4.62. The van der Waals surface area contributed by atoms with Gasteiger partial charge in [-0.05, 0) is 38.6 Å². The molecule has 0 radical (unpaired) electrons. The molecule has 12 heavy (non-hydrogen) atoms. The average molecular weight is 171 g/mol. The first-order valence-corrected chi connectivity index (χ1v) is 5.13. The van der Waals surface area contributed by atoms with Gasteiger partial charge in [-0.25, -0.2) is 0 Å². The summed E-state index contributed by atoms with van der Waals surface area (Å²) in [4.78, 5) is 0. The molecule has 2 nitrogen and oxygen atoms in total. The molecule has 0 heterocycles. The monoisotopic (exact) mass is 171 g/mol. The van der Waals surface area contributed by atoms with Gasteiger partial charge in [0, 0.05) is 13.2 Å². The fourth-order valence-corrected chi connectivity index (χ4v) is 1.89. The third-order valence-electron chi connectivity index (χ3n) is 2.64. The van der Waals surface area contributed by atoms with E-state index in [0.717, 1.165) is 6.54 Å². The minimum Gasteiger partial charge on any atom is -0.381 e. The van der Waals surface area contributed by atoms with Crippen LogP contribution in [0.15, 0.2) is 0 Å². The van der Waals surface area contributed by atoms with Crippen LogP contribution < -0.4 is 5.32 Å². The van der Waals surface area contributed by atoms with E-state index in [4.69, 9.17) is 4.74 Å². The lowest BCUT2D eigenvalue weighted by Crippen LogP contribution is -2.36. The number of nitrogens with one attached hydrogen (secondary N) is 1. The number of rotatable bonds is 4. The van der Waals surface area contributed by atoms with Gasteiger partial charge < -0.3 is 10.1 Å². The number of methoxy groups -OCH3 is 1. The fraction of sp³-hybridized carbons (Fsp3) is 1.00. The van der Waals surface area contributed by atoms with Gasteiger partial charge in [-0.3, -0.25) is 0 Å². The molecule has 1 saturated carbocycles. The van der Waals surface area contributed by atoms with Crippen LogP contribution in [-0.4, -0.2) is 25.8 Å². The second-order valence-electron chi connectivity index (χ2n) is 3.68. The van der Waals surface area contributed by atoms with Crippen LogP contribution >= 0.6 is 0 Å². The molecule has 1 aliphatic rings. The summed E-state index contributed by atoms with van der Waals surface area (Å²) in [5.74, 6) is 0. The molecule has 1 aliphatic carbocycles. The molecule has 0 bridgehead atoms. The molecule has 72 valence electrons. The van der Waals surface area contributed by atoms with E-state index in [2.05, 4.69) is 12.2 Å². The molecular formula is C10H21NO. The van der Waals surface area contributed by atoms with Gasteiger partial charge in [-0.2, -0.15) is 0 Å². The summed E-state index contributed by atoms with van der Waals surface area (Å²) in [5, 5.41) is 3.56. The second-order valence-corrected chi connectivity index (χ2v) is 3.68. The van der Waals surface area contributed by atoms with E-state index in [9.17, 15) is 0 Å². The van der Waals surface area contributed by atoms with Gasteiger partial charge in [0.1, 0.15) is 0 Å². The van der Waals surface area contributed by atoms with Gasteiger partial charge in [-0.1, -0.05) is 6.92 Å². The molecular weight excluding hydrogens is 150 g/mol. The maximum atomic E-state index is 5.36. The Morgan fingerprint density at radius 1 is 1.42 bits per heavy atom. The summed E-state index contributed by atoms with van der Waals surface area (Å²) in [6.07, 6.45) is 6.85. The summed E-state index contributed by atoms with van der Waals surface area (Å²) in [6.45, 7) is 3.37. The second kappa shape index (κ2) is 5.55. The van der Waals surface area contributed by atoms with Crippen LogP contribution in [0.5, 0.6) is 0 Å². The summed E-state index contributed by atoms with van der Waals surface area (Å²) in [6, 6.07) is 0.712. The topological polar surface area (TPSA) is 21.3 Å². The highest BCUT2D eigenvalue weighted by Crippen LogP contribution is 2.20. The third-order valence-corrected chi connectivity index (χ3v) is 2.64. The van der Waals surface area contributed by atoms with E-state index in [-0.39, 0.29) is 0 Å². The standard InChI is InChI=1S/C10H21NO/c1-3-7-11-9-5-4-6-10(8-9)12-2/h9-11H,3-8H2,1-2H3. The zero-order chi connectivity index (χ0) is 8.81. The first kappa shape index (κ1) is 10.0. The minimum atomic E-state index is 0.508. The molecule has 2 unspecified atom stereocenters. The first-order valence-electron chi connectivity index (χ1n) is 5.13. The summed E-state index contributed by atoms with van der Waals surface area (Å²) >= 11 is 0. The van der Waals surface area contributed by atoms with Crippen molar-refractivity contribution in [2.24, 2.45) is 0 Å². The largest absolute Gasteiger partial charge is 0.381 e. The van der Waals surface area contributed by atoms with Crippen LogP contribution in [0, 0.1) is 0 Å². The molecule has 1 fully saturated rings. The maximum Gasteiger partial charge on any atom is 0.0586 e. The highest BCUT2D eigenvalue weighted by atomic mass is 16.5. The predicted octanol–water partition coefficient (Wildman–Crippen LogP) is 1.94. The van der Waals surface area contributed by atoms with Crippen molar-refractivity contribution in [3.8, 4) is 0 Å². The number of ether oxygens (including phenoxy) is 1. The zero-order valence-corrected chi connectivity index (χ0v) is 8.31. The molecule has 2 atom stereocenters. The van der Waals surface area contributed by atoms with E-state index in [1.165, 1.54) is 32.1 Å². The van der Waals surface area contributed by atoms with E-state index in [0.29, 0.717) is 12.1 Å². The Hall–Kier alpha value is -0.0800. The van der Waals surface area contributed by atoms with E-state index >= 15 is 0 Å². The summed E-state index contributed by atoms with van der Waals surface area (Å²) in [5.41, 5.74) is 0. The van der Waals surface area contributed by atoms with Gasteiger partial charge in [0.15, 0.2) is 0 Å². The van der Waals surface area contributed by atoms with Gasteiger partial charge in [-0.15, -0.1) is 0 Å². The van der Waals surface area contributed by atoms with Gasteiger partial charge in [0.25, 0.3) is 0 Å². The molecule has 0 aromatic carbocycles. The molecule has 0 aromatic heterocycles. The van der Waals surface area contributed by atoms with Crippen LogP contribution in [0.1, 0.15) is 39.0 Å². The quantitative estimate of drug-likeness (QED) is 0.698. The van der Waals surface area contributed by atoms with Crippen molar-refractivity contribution in [3.05, 3.63) is 0 Å². The molecule has 2 heteroatoms. The van der Waals surface area contributed by atoms with Gasteiger partial charge >= 0.3 is 0 Å². The van der Waals surface area contributed by atoms with Crippen LogP contribution in [-0.2, 0) is 4.74 Å². The molecule has 0 amide bonds. The Morgan fingerprint density at radius 2 is 2.25 bits per heavy atom. The van der Waals surface area contributed by atoms with Crippen molar-refractivity contribution in [1.82, 2.24) is 5.32 Å². The van der Waals surface area contributed by atoms with E-state index in [1.54, 1.807) is 0 Å². The zero-order valence-electron chi connectivity index (χ0n) is 8.31. The summed E-state index contributed by atoms with van der Waals surface area (Å²) < 4.78 is 5.36. The van der Waals surface area contributed by atoms with Crippen molar-refractivity contribution in [3.63, 3.8) is 0 Å². The smallest absolute Gasteiger partial charge is 0.0586 e. The lowest BCUT2D eigenvalue weighted by molar-refractivity contribution is 0.0590. The van der Waals surface area contributed by atoms with Crippen molar-refractivity contribution < 1.29 is 4.74 Å². The number of hydrogen-bond donors (Lipinski definition) is 1. The normalized spacial score (nSPS) is 30.5. The van der Waals surface area contributed by atoms with Crippen molar-refractivity contribution in [1.29, 1.82) is 0 Å². The number of hydrogen-bond acceptors (Lipinski definition) is 2. The minimum absolute atomic E-state index is 0.508. The Bertz CT molecular complexity index is 116. The highest BCUT2D eigenvalue weighted by molar-refractivity contribution is 4.77. The van der Waals surface area contributed by atoms with Crippen molar-refractivity contribution in [2.75, 3.05) is 13.7 Å². The van der Waals surface area contributed by atoms with Crippen LogP contribution in [0.4, 0.5) is 0 Å². The van der Waals surface area contributed by atoms with Gasteiger partial charge in [0.05, 0.1) is 6.10 Å². The molecule has 1 rings (SSSR count). The average Bonchev–Trinajstić information content (AvgIpc) is 2.15. The Balaban J connectivity index is 2.16. The Morgan fingerprint density at radius 3 is 2.92 bits per heavy atom.